The van der Waals surface area contributed by atoms with Crippen molar-refractivity contribution in [3.05, 3.63) is 42.5 Å². The van der Waals surface area contributed by atoms with E-state index in [2.05, 4.69) is 9.97 Å². The zero-order valence-corrected chi connectivity index (χ0v) is 10.9. The standard InChI is InChI=1S/C14H14N2O4/c1-19-10-3-2-4-11(7-10)20-12-8-15-13(16-9-12)5-6-14(17)18/h2-4,7-9H,5-6H2,1H3,(H,17,18). The number of carbonyl (C=O) groups is 1. The molecular formula is C14H14N2O4. The molecule has 0 bridgehead atoms. The fraction of sp³-hybridized carbons (Fsp3) is 0.214. The van der Waals surface area contributed by atoms with Crippen LogP contribution in [0.2, 0.25) is 0 Å². The zero-order valence-electron chi connectivity index (χ0n) is 10.9. The summed E-state index contributed by atoms with van der Waals surface area (Å²) in [6, 6.07) is 7.17. The van der Waals surface area contributed by atoms with Crippen molar-refractivity contribution in [1.29, 1.82) is 0 Å². The van der Waals surface area contributed by atoms with Crippen LogP contribution in [0.4, 0.5) is 0 Å². The Bertz CT molecular complexity index is 584. The average molecular weight is 274 g/mol. The number of aromatic nitrogens is 2. The Morgan fingerprint density at radius 2 is 1.90 bits per heavy atom. The molecule has 0 aliphatic rings. The van der Waals surface area contributed by atoms with Crippen LogP contribution in [0, 0.1) is 0 Å². The first-order chi connectivity index (χ1) is 9.67. The molecule has 0 saturated heterocycles. The van der Waals surface area contributed by atoms with E-state index in [0.717, 1.165) is 0 Å². The third-order valence-electron chi connectivity index (χ3n) is 2.52. The van der Waals surface area contributed by atoms with E-state index in [4.69, 9.17) is 14.6 Å². The van der Waals surface area contributed by atoms with Crippen LogP contribution in [0.3, 0.4) is 0 Å². The maximum absolute atomic E-state index is 10.4. The van der Waals surface area contributed by atoms with E-state index in [9.17, 15) is 4.79 Å². The maximum Gasteiger partial charge on any atom is 0.303 e. The Labute approximate surface area is 116 Å². The summed E-state index contributed by atoms with van der Waals surface area (Å²) in [6.45, 7) is 0. The molecule has 0 spiro atoms. The van der Waals surface area contributed by atoms with Gasteiger partial charge in [-0.15, -0.1) is 0 Å². The quantitative estimate of drug-likeness (QED) is 0.870. The largest absolute Gasteiger partial charge is 0.497 e. The summed E-state index contributed by atoms with van der Waals surface area (Å²) in [4.78, 5) is 18.6. The molecule has 0 fully saturated rings. The van der Waals surface area contributed by atoms with Crippen molar-refractivity contribution in [3.63, 3.8) is 0 Å². The minimum atomic E-state index is -0.870. The lowest BCUT2D eigenvalue weighted by Crippen LogP contribution is -2.01. The first-order valence-corrected chi connectivity index (χ1v) is 6.02. The molecule has 6 heteroatoms. The third kappa shape index (κ3) is 3.94. The maximum atomic E-state index is 10.4. The second-order valence-corrected chi connectivity index (χ2v) is 4.01. The number of methoxy groups -OCH3 is 1. The number of aryl methyl sites for hydroxylation is 1. The van der Waals surface area contributed by atoms with Crippen molar-refractivity contribution in [2.45, 2.75) is 12.8 Å². The van der Waals surface area contributed by atoms with E-state index in [1.807, 2.05) is 12.1 Å². The summed E-state index contributed by atoms with van der Waals surface area (Å²) in [5.74, 6) is 1.40. The van der Waals surface area contributed by atoms with Crippen molar-refractivity contribution in [3.8, 4) is 17.2 Å². The van der Waals surface area contributed by atoms with Crippen LogP contribution in [0.5, 0.6) is 17.2 Å². The van der Waals surface area contributed by atoms with Gasteiger partial charge in [-0.3, -0.25) is 4.79 Å². The van der Waals surface area contributed by atoms with Crippen LogP contribution in [-0.2, 0) is 11.2 Å². The van der Waals surface area contributed by atoms with Crippen molar-refractivity contribution < 1.29 is 19.4 Å². The van der Waals surface area contributed by atoms with Crippen molar-refractivity contribution in [1.82, 2.24) is 9.97 Å². The van der Waals surface area contributed by atoms with Gasteiger partial charge in [0.05, 0.1) is 25.9 Å². The van der Waals surface area contributed by atoms with Gasteiger partial charge < -0.3 is 14.6 Å². The third-order valence-corrected chi connectivity index (χ3v) is 2.52. The lowest BCUT2D eigenvalue weighted by Gasteiger charge is -2.07. The van der Waals surface area contributed by atoms with Gasteiger partial charge in [0, 0.05) is 12.5 Å². The fourth-order valence-electron chi connectivity index (χ4n) is 1.54. The number of benzene rings is 1. The minimum Gasteiger partial charge on any atom is -0.497 e. The van der Waals surface area contributed by atoms with Crippen LogP contribution in [0.15, 0.2) is 36.7 Å². The van der Waals surface area contributed by atoms with Gasteiger partial charge in [0.15, 0.2) is 5.75 Å². The minimum absolute atomic E-state index is 0.0100. The van der Waals surface area contributed by atoms with Gasteiger partial charge in [-0.05, 0) is 12.1 Å². The Morgan fingerprint density at radius 3 is 2.55 bits per heavy atom. The first kappa shape index (κ1) is 13.8. The van der Waals surface area contributed by atoms with E-state index in [1.54, 1.807) is 19.2 Å². The summed E-state index contributed by atoms with van der Waals surface area (Å²) in [5, 5.41) is 8.58. The molecule has 1 N–H and O–H groups in total. The average Bonchev–Trinajstić information content (AvgIpc) is 2.47. The highest BCUT2D eigenvalue weighted by Crippen LogP contribution is 2.24. The van der Waals surface area contributed by atoms with Crippen LogP contribution < -0.4 is 9.47 Å². The number of rotatable bonds is 6. The van der Waals surface area contributed by atoms with Crippen molar-refractivity contribution >= 4 is 5.97 Å². The van der Waals surface area contributed by atoms with Crippen LogP contribution in [-0.4, -0.2) is 28.2 Å². The molecule has 0 atom stereocenters. The predicted octanol–water partition coefficient (Wildman–Crippen LogP) is 2.29. The highest BCUT2D eigenvalue weighted by atomic mass is 16.5. The molecule has 0 radical (unpaired) electrons. The molecule has 2 rings (SSSR count). The van der Waals surface area contributed by atoms with Gasteiger partial charge in [-0.1, -0.05) is 6.07 Å². The molecule has 0 unspecified atom stereocenters. The first-order valence-electron chi connectivity index (χ1n) is 6.02. The highest BCUT2D eigenvalue weighted by molar-refractivity contribution is 5.66. The van der Waals surface area contributed by atoms with Crippen molar-refractivity contribution in [2.75, 3.05) is 7.11 Å². The number of nitrogens with zero attached hydrogens (tertiary/aromatic N) is 2. The summed E-state index contributed by atoms with van der Waals surface area (Å²) in [5.41, 5.74) is 0. The van der Waals surface area contributed by atoms with E-state index in [1.165, 1.54) is 12.4 Å². The van der Waals surface area contributed by atoms with Gasteiger partial charge in [0.1, 0.15) is 17.3 Å². The Morgan fingerprint density at radius 1 is 1.20 bits per heavy atom. The number of aliphatic carboxylic acids is 1. The monoisotopic (exact) mass is 274 g/mol. The molecule has 0 aliphatic carbocycles. The SMILES string of the molecule is COc1cccc(Oc2cnc(CCC(=O)O)nc2)c1. The molecule has 0 aliphatic heterocycles. The Balaban J connectivity index is 2.01. The molecule has 20 heavy (non-hydrogen) atoms. The summed E-state index contributed by atoms with van der Waals surface area (Å²) in [6.07, 6.45) is 3.35. The summed E-state index contributed by atoms with van der Waals surface area (Å²) < 4.78 is 10.7. The molecule has 0 amide bonds. The Hall–Kier alpha value is -2.63. The molecule has 1 aromatic heterocycles. The van der Waals surface area contributed by atoms with Gasteiger partial charge in [0.2, 0.25) is 0 Å². The van der Waals surface area contributed by atoms with Gasteiger partial charge in [-0.2, -0.15) is 0 Å². The number of carboxylic acid groups (broad SMARTS) is 1. The lowest BCUT2D eigenvalue weighted by atomic mass is 10.3. The van der Waals surface area contributed by atoms with Gasteiger partial charge in [0.25, 0.3) is 0 Å². The van der Waals surface area contributed by atoms with Crippen LogP contribution in [0.25, 0.3) is 0 Å². The zero-order chi connectivity index (χ0) is 14.4. The van der Waals surface area contributed by atoms with E-state index in [0.29, 0.717) is 29.5 Å². The topological polar surface area (TPSA) is 81.5 Å². The fourth-order valence-corrected chi connectivity index (χ4v) is 1.54. The van der Waals surface area contributed by atoms with E-state index >= 15 is 0 Å². The molecule has 2 aromatic rings. The normalized spacial score (nSPS) is 10.1. The smallest absolute Gasteiger partial charge is 0.303 e. The number of hydrogen-bond donors (Lipinski definition) is 1. The summed E-state index contributed by atoms with van der Waals surface area (Å²) >= 11 is 0. The predicted molar refractivity (Wildman–Crippen MR) is 71.1 cm³/mol. The van der Waals surface area contributed by atoms with Crippen LogP contribution in [0.1, 0.15) is 12.2 Å². The second-order valence-electron chi connectivity index (χ2n) is 4.01. The van der Waals surface area contributed by atoms with E-state index in [-0.39, 0.29) is 6.42 Å². The van der Waals surface area contributed by atoms with Crippen molar-refractivity contribution in [2.24, 2.45) is 0 Å². The van der Waals surface area contributed by atoms with Gasteiger partial charge in [-0.25, -0.2) is 9.97 Å². The molecule has 1 heterocycles. The highest BCUT2D eigenvalue weighted by Gasteiger charge is 2.04. The number of ether oxygens (including phenoxy) is 2. The summed E-state index contributed by atoms with van der Waals surface area (Å²) in [7, 11) is 1.58. The van der Waals surface area contributed by atoms with E-state index < -0.39 is 5.97 Å². The van der Waals surface area contributed by atoms with Gasteiger partial charge >= 0.3 is 5.97 Å². The number of carboxylic acids is 1. The molecular weight excluding hydrogens is 260 g/mol. The molecule has 104 valence electrons. The second kappa shape index (κ2) is 6.51. The molecule has 6 nitrogen and oxygen atoms in total. The number of hydrogen-bond acceptors (Lipinski definition) is 5. The Kier molecular flexibility index (Phi) is 4.49. The molecule has 0 saturated carbocycles. The molecule has 1 aromatic carbocycles. The van der Waals surface area contributed by atoms with Crippen LogP contribution >= 0.6 is 0 Å². The lowest BCUT2D eigenvalue weighted by molar-refractivity contribution is -0.137.